The third kappa shape index (κ3) is 36.7. The number of carbonyl (C=O) groups is 1. The summed E-state index contributed by atoms with van der Waals surface area (Å²) in [6.45, 7) is 4.38. The summed E-state index contributed by atoms with van der Waals surface area (Å²) in [6.07, 6.45) is 49.0. The Hall–Kier alpha value is -0.610. The third-order valence-corrected chi connectivity index (χ3v) is 10.6. The molecule has 0 aliphatic heterocycles. The Labute approximate surface area is 302 Å². The molecular formula is C44H89NO3. The first kappa shape index (κ1) is 47.4. The third-order valence-electron chi connectivity index (χ3n) is 10.6. The Morgan fingerprint density at radius 1 is 0.417 bits per heavy atom. The van der Waals surface area contributed by atoms with Crippen LogP contribution in [0.3, 0.4) is 0 Å². The average molecular weight is 680 g/mol. The van der Waals surface area contributed by atoms with Gasteiger partial charge in [0.1, 0.15) is 0 Å². The van der Waals surface area contributed by atoms with Crippen molar-refractivity contribution in [3.8, 4) is 0 Å². The standard InChI is InChI=1S/C44H89NO3/c1-3-5-7-9-11-13-15-17-18-19-20-21-22-23-24-25-26-28-30-32-34-36-38-40-44(48)45-42(41-46)43(47)39-37-35-33-31-29-27-16-14-12-10-8-6-4-2/h42-43,46-47H,3-41H2,1-2H3,(H,45,48)/t42-,43+/m0/s1. The summed E-state index contributed by atoms with van der Waals surface area (Å²) >= 11 is 0. The van der Waals surface area contributed by atoms with Crippen molar-refractivity contribution in [3.05, 3.63) is 0 Å². The lowest BCUT2D eigenvalue weighted by Crippen LogP contribution is -2.45. The highest BCUT2D eigenvalue weighted by Crippen LogP contribution is 2.17. The predicted octanol–water partition coefficient (Wildman–Crippen LogP) is 13.7. The first-order valence-electron chi connectivity index (χ1n) is 22.2. The molecule has 0 heterocycles. The van der Waals surface area contributed by atoms with Crippen LogP contribution in [-0.4, -0.2) is 34.9 Å². The van der Waals surface area contributed by atoms with Gasteiger partial charge in [0.25, 0.3) is 0 Å². The molecule has 0 saturated heterocycles. The smallest absolute Gasteiger partial charge is 0.220 e. The molecule has 0 fully saturated rings. The second kappa shape index (κ2) is 40.8. The van der Waals surface area contributed by atoms with Crippen LogP contribution in [0.2, 0.25) is 0 Å². The predicted molar refractivity (Wildman–Crippen MR) is 212 cm³/mol. The van der Waals surface area contributed by atoms with Crippen molar-refractivity contribution in [3.63, 3.8) is 0 Å². The summed E-state index contributed by atoms with van der Waals surface area (Å²) in [4.78, 5) is 12.4. The van der Waals surface area contributed by atoms with E-state index in [9.17, 15) is 15.0 Å². The van der Waals surface area contributed by atoms with Crippen LogP contribution in [0.15, 0.2) is 0 Å². The van der Waals surface area contributed by atoms with E-state index in [-0.39, 0.29) is 12.5 Å². The average Bonchev–Trinajstić information content (AvgIpc) is 3.09. The molecular weight excluding hydrogens is 590 g/mol. The van der Waals surface area contributed by atoms with E-state index < -0.39 is 12.1 Å². The van der Waals surface area contributed by atoms with Gasteiger partial charge in [0.2, 0.25) is 5.91 Å². The molecule has 0 saturated carbocycles. The molecule has 288 valence electrons. The van der Waals surface area contributed by atoms with Gasteiger partial charge in [-0.25, -0.2) is 0 Å². The first-order chi connectivity index (χ1) is 23.7. The minimum absolute atomic E-state index is 0.0260. The lowest BCUT2D eigenvalue weighted by atomic mass is 10.0. The highest BCUT2D eigenvalue weighted by atomic mass is 16.3. The maximum Gasteiger partial charge on any atom is 0.220 e. The van der Waals surface area contributed by atoms with Crippen LogP contribution in [0.25, 0.3) is 0 Å². The number of carbonyl (C=O) groups excluding carboxylic acids is 1. The van der Waals surface area contributed by atoms with E-state index in [1.807, 2.05) is 0 Å². The molecule has 0 aliphatic rings. The number of aliphatic hydroxyl groups is 2. The van der Waals surface area contributed by atoms with Gasteiger partial charge in [-0.1, -0.05) is 239 Å². The Kier molecular flexibility index (Phi) is 40.3. The van der Waals surface area contributed by atoms with Gasteiger partial charge < -0.3 is 15.5 Å². The molecule has 0 aromatic heterocycles. The Morgan fingerprint density at radius 3 is 0.938 bits per heavy atom. The number of hydrogen-bond acceptors (Lipinski definition) is 3. The summed E-state index contributed by atoms with van der Waals surface area (Å²) in [6, 6.07) is -0.528. The van der Waals surface area contributed by atoms with Crippen LogP contribution in [0.5, 0.6) is 0 Å². The van der Waals surface area contributed by atoms with Crippen molar-refractivity contribution in [2.75, 3.05) is 6.61 Å². The van der Waals surface area contributed by atoms with Crippen LogP contribution < -0.4 is 5.32 Å². The van der Waals surface area contributed by atoms with Crippen molar-refractivity contribution in [1.29, 1.82) is 0 Å². The van der Waals surface area contributed by atoms with E-state index in [1.54, 1.807) is 0 Å². The molecule has 2 atom stereocenters. The van der Waals surface area contributed by atoms with Gasteiger partial charge in [-0.3, -0.25) is 4.79 Å². The normalized spacial score (nSPS) is 12.8. The number of unbranched alkanes of at least 4 members (excludes halogenated alkanes) is 34. The van der Waals surface area contributed by atoms with Crippen LogP contribution in [0.1, 0.15) is 258 Å². The van der Waals surface area contributed by atoms with Crippen molar-refractivity contribution >= 4 is 5.91 Å². The lowest BCUT2D eigenvalue weighted by Gasteiger charge is -2.22. The molecule has 0 aromatic rings. The number of rotatable bonds is 41. The first-order valence-corrected chi connectivity index (χ1v) is 22.2. The molecule has 4 heteroatoms. The molecule has 0 rings (SSSR count). The van der Waals surface area contributed by atoms with Crippen molar-refractivity contribution < 1.29 is 15.0 Å². The minimum atomic E-state index is -0.652. The van der Waals surface area contributed by atoms with E-state index >= 15 is 0 Å². The minimum Gasteiger partial charge on any atom is -0.394 e. The molecule has 1 amide bonds. The topological polar surface area (TPSA) is 69.6 Å². The molecule has 48 heavy (non-hydrogen) atoms. The second-order valence-electron chi connectivity index (χ2n) is 15.5. The monoisotopic (exact) mass is 680 g/mol. The zero-order valence-corrected chi connectivity index (χ0v) is 33.0. The molecule has 0 radical (unpaired) electrons. The van der Waals surface area contributed by atoms with Crippen LogP contribution in [0, 0.1) is 0 Å². The van der Waals surface area contributed by atoms with E-state index in [4.69, 9.17) is 0 Å². The highest BCUT2D eigenvalue weighted by Gasteiger charge is 2.20. The van der Waals surface area contributed by atoms with Crippen LogP contribution in [-0.2, 0) is 4.79 Å². The zero-order valence-electron chi connectivity index (χ0n) is 33.0. The molecule has 0 aromatic carbocycles. The fraction of sp³-hybridized carbons (Fsp3) is 0.977. The quantitative estimate of drug-likeness (QED) is 0.0563. The number of aliphatic hydroxyl groups excluding tert-OH is 2. The summed E-state index contributed by atoms with van der Waals surface area (Å²) in [5, 5.41) is 23.1. The Balaban J connectivity index is 3.43. The fourth-order valence-electron chi connectivity index (χ4n) is 7.19. The van der Waals surface area contributed by atoms with E-state index in [0.29, 0.717) is 12.8 Å². The van der Waals surface area contributed by atoms with Gasteiger partial charge >= 0.3 is 0 Å². The van der Waals surface area contributed by atoms with E-state index in [2.05, 4.69) is 19.2 Å². The zero-order chi connectivity index (χ0) is 35.0. The van der Waals surface area contributed by atoms with Gasteiger partial charge in [-0.2, -0.15) is 0 Å². The Bertz CT molecular complexity index is 612. The Morgan fingerprint density at radius 2 is 0.667 bits per heavy atom. The molecule has 0 aliphatic carbocycles. The summed E-state index contributed by atoms with van der Waals surface area (Å²) in [5.74, 6) is -0.0260. The van der Waals surface area contributed by atoms with Crippen molar-refractivity contribution in [1.82, 2.24) is 5.32 Å². The number of amides is 1. The summed E-state index contributed by atoms with van der Waals surface area (Å²) < 4.78 is 0. The SMILES string of the molecule is CCCCCCCCCCCCCCCCCCCCCCCCCC(=O)N[C@@H](CO)[C@H](O)CCCCCCCCCCCCCCC. The van der Waals surface area contributed by atoms with Gasteiger partial charge in [-0.05, 0) is 12.8 Å². The molecule has 4 nitrogen and oxygen atoms in total. The highest BCUT2D eigenvalue weighted by molar-refractivity contribution is 5.76. The molecule has 0 unspecified atom stereocenters. The maximum atomic E-state index is 12.4. The van der Waals surface area contributed by atoms with Crippen molar-refractivity contribution in [2.24, 2.45) is 0 Å². The van der Waals surface area contributed by atoms with Crippen LogP contribution >= 0.6 is 0 Å². The van der Waals surface area contributed by atoms with E-state index in [0.717, 1.165) is 25.7 Å². The van der Waals surface area contributed by atoms with Gasteiger partial charge in [0.15, 0.2) is 0 Å². The molecule has 0 bridgehead atoms. The van der Waals surface area contributed by atoms with Gasteiger partial charge in [-0.15, -0.1) is 0 Å². The molecule has 0 spiro atoms. The summed E-state index contributed by atoms with van der Waals surface area (Å²) in [7, 11) is 0. The van der Waals surface area contributed by atoms with Crippen molar-refractivity contribution in [2.45, 2.75) is 270 Å². The maximum absolute atomic E-state index is 12.4. The second-order valence-corrected chi connectivity index (χ2v) is 15.5. The lowest BCUT2D eigenvalue weighted by molar-refractivity contribution is -0.123. The largest absolute Gasteiger partial charge is 0.394 e. The van der Waals surface area contributed by atoms with E-state index in [1.165, 1.54) is 205 Å². The fourth-order valence-corrected chi connectivity index (χ4v) is 7.19. The van der Waals surface area contributed by atoms with Crippen LogP contribution in [0.4, 0.5) is 0 Å². The van der Waals surface area contributed by atoms with Gasteiger partial charge in [0, 0.05) is 6.42 Å². The number of nitrogens with one attached hydrogen (secondary N) is 1. The molecule has 3 N–H and O–H groups in total. The number of hydrogen-bond donors (Lipinski definition) is 3. The summed E-state index contributed by atoms with van der Waals surface area (Å²) in [5.41, 5.74) is 0. The van der Waals surface area contributed by atoms with Gasteiger partial charge in [0.05, 0.1) is 18.8 Å².